The Labute approximate surface area is 193 Å². The van der Waals surface area contributed by atoms with E-state index in [1.807, 2.05) is 24.3 Å². The number of aromatic nitrogens is 3. The summed E-state index contributed by atoms with van der Waals surface area (Å²) in [4.78, 5) is 28.5. The number of hydrogen-bond acceptors (Lipinski definition) is 6. The number of Topliss-reactive ketones (excluding diaryl/α,β-unsaturated/α-hetero) is 1. The van der Waals surface area contributed by atoms with E-state index in [0.29, 0.717) is 28.3 Å². The van der Waals surface area contributed by atoms with Crippen LogP contribution in [-0.4, -0.2) is 31.6 Å². The smallest absolute Gasteiger partial charge is 0.335 e. The van der Waals surface area contributed by atoms with Crippen molar-refractivity contribution in [2.45, 2.75) is 36.2 Å². The highest BCUT2D eigenvalue weighted by molar-refractivity contribution is 7.98. The molecule has 0 unspecified atom stereocenters. The van der Waals surface area contributed by atoms with Crippen LogP contribution in [0.1, 0.15) is 46.8 Å². The number of anilines is 1. The van der Waals surface area contributed by atoms with Gasteiger partial charge < -0.3 is 10.4 Å². The number of carboxylic acid groups (broad SMARTS) is 1. The first-order chi connectivity index (χ1) is 15.5. The van der Waals surface area contributed by atoms with Crippen LogP contribution in [0.15, 0.2) is 65.0 Å². The predicted molar refractivity (Wildman–Crippen MR) is 122 cm³/mol. The molecular weight excluding hydrogens is 448 g/mol. The third-order valence-electron chi connectivity index (χ3n) is 5.58. The molecule has 162 valence electrons. The minimum atomic E-state index is -0.947. The molecule has 2 aromatic carbocycles. The lowest BCUT2D eigenvalue weighted by Crippen LogP contribution is -2.31. The van der Waals surface area contributed by atoms with E-state index in [9.17, 15) is 9.59 Å². The lowest BCUT2D eigenvalue weighted by Gasteiger charge is -2.32. The van der Waals surface area contributed by atoms with Crippen molar-refractivity contribution in [2.24, 2.45) is 0 Å². The van der Waals surface area contributed by atoms with Crippen molar-refractivity contribution in [2.75, 3.05) is 5.32 Å². The van der Waals surface area contributed by atoms with Gasteiger partial charge in [0.2, 0.25) is 11.1 Å². The van der Waals surface area contributed by atoms with Gasteiger partial charge in [0, 0.05) is 28.5 Å². The fourth-order valence-electron chi connectivity index (χ4n) is 4.07. The lowest BCUT2D eigenvalue weighted by molar-refractivity contribution is -0.116. The third kappa shape index (κ3) is 3.91. The molecular formula is C23H19ClN4O3S. The molecule has 0 bridgehead atoms. The first-order valence-corrected chi connectivity index (χ1v) is 11.6. The number of thioether (sulfide) groups is 1. The topological polar surface area (TPSA) is 97.1 Å². The summed E-state index contributed by atoms with van der Waals surface area (Å²) in [6, 6.07) is 13.9. The highest BCUT2D eigenvalue weighted by atomic mass is 35.5. The summed E-state index contributed by atoms with van der Waals surface area (Å²) in [6.45, 7) is 0. The number of benzene rings is 2. The Balaban J connectivity index is 1.45. The first kappa shape index (κ1) is 20.8. The van der Waals surface area contributed by atoms with E-state index in [0.717, 1.165) is 35.2 Å². The molecule has 1 aliphatic carbocycles. The zero-order valence-corrected chi connectivity index (χ0v) is 18.5. The molecule has 2 heterocycles. The Morgan fingerprint density at radius 3 is 2.78 bits per heavy atom. The molecule has 7 nitrogen and oxygen atoms in total. The minimum absolute atomic E-state index is 0.123. The second kappa shape index (κ2) is 8.44. The average Bonchev–Trinajstić information content (AvgIpc) is 3.19. The van der Waals surface area contributed by atoms with E-state index in [1.165, 1.54) is 11.8 Å². The summed E-state index contributed by atoms with van der Waals surface area (Å²) in [6.07, 6.45) is 2.13. The molecule has 0 fully saturated rings. The number of fused-ring (bicyclic) bond motifs is 1. The molecule has 5 rings (SSSR count). The van der Waals surface area contributed by atoms with Crippen molar-refractivity contribution in [3.8, 4) is 0 Å². The number of aromatic carboxylic acids is 1. The van der Waals surface area contributed by atoms with E-state index in [1.54, 1.807) is 28.9 Å². The maximum atomic E-state index is 12.9. The highest BCUT2D eigenvalue weighted by Crippen LogP contribution is 2.41. The molecule has 1 atom stereocenters. The third-order valence-corrected chi connectivity index (χ3v) is 6.73. The van der Waals surface area contributed by atoms with Gasteiger partial charge in [-0.2, -0.15) is 4.98 Å². The normalized spacial score (nSPS) is 17.5. The van der Waals surface area contributed by atoms with E-state index < -0.39 is 5.97 Å². The monoisotopic (exact) mass is 466 g/mol. The van der Waals surface area contributed by atoms with E-state index in [-0.39, 0.29) is 17.4 Å². The zero-order chi connectivity index (χ0) is 22.2. The second-order valence-electron chi connectivity index (χ2n) is 7.70. The van der Waals surface area contributed by atoms with Crippen molar-refractivity contribution in [1.29, 1.82) is 0 Å². The maximum absolute atomic E-state index is 12.9. The lowest BCUT2D eigenvalue weighted by atomic mass is 9.85. The SMILES string of the molecule is O=C1CCCC2=C1[C@H](c1cccc(Cl)c1)n1nc(SCc3ccc(C(=O)O)cc3)nc1N2. The van der Waals surface area contributed by atoms with Crippen LogP contribution in [0.4, 0.5) is 5.95 Å². The van der Waals surface area contributed by atoms with Gasteiger partial charge in [0.15, 0.2) is 5.78 Å². The van der Waals surface area contributed by atoms with Gasteiger partial charge in [-0.05, 0) is 48.2 Å². The van der Waals surface area contributed by atoms with Crippen LogP contribution >= 0.6 is 23.4 Å². The number of nitrogens with one attached hydrogen (secondary N) is 1. The molecule has 9 heteroatoms. The molecule has 0 saturated carbocycles. The van der Waals surface area contributed by atoms with Crippen molar-refractivity contribution in [1.82, 2.24) is 14.8 Å². The van der Waals surface area contributed by atoms with Crippen molar-refractivity contribution >= 4 is 41.1 Å². The molecule has 32 heavy (non-hydrogen) atoms. The molecule has 2 N–H and O–H groups in total. The molecule has 1 aliphatic heterocycles. The molecule has 1 aromatic heterocycles. The summed E-state index contributed by atoms with van der Waals surface area (Å²) >= 11 is 7.71. The van der Waals surface area contributed by atoms with Gasteiger partial charge >= 0.3 is 5.97 Å². The van der Waals surface area contributed by atoms with Crippen LogP contribution in [0.25, 0.3) is 0 Å². The quantitative estimate of drug-likeness (QED) is 0.514. The summed E-state index contributed by atoms with van der Waals surface area (Å²) in [5, 5.41) is 18.3. The number of halogens is 1. The minimum Gasteiger partial charge on any atom is -0.478 e. The van der Waals surface area contributed by atoms with Crippen LogP contribution in [0.5, 0.6) is 0 Å². The Morgan fingerprint density at radius 1 is 1.22 bits per heavy atom. The number of ketones is 1. The van der Waals surface area contributed by atoms with Crippen molar-refractivity contribution in [3.05, 3.63) is 81.5 Å². The molecule has 3 aromatic rings. The Morgan fingerprint density at radius 2 is 2.03 bits per heavy atom. The highest BCUT2D eigenvalue weighted by Gasteiger charge is 2.36. The Kier molecular flexibility index (Phi) is 5.48. The number of carbonyl (C=O) groups is 2. The standard InChI is InChI=1S/C23H19ClN4O3S/c24-16-4-1-3-15(11-16)20-19-17(5-2-6-18(19)29)25-22-26-23(27-28(20)22)32-12-13-7-9-14(10-8-13)21(30)31/h1,3-4,7-11,20H,2,5-6,12H2,(H,30,31)(H,25,26,27)/t20-/m0/s1. The molecule has 0 amide bonds. The van der Waals surface area contributed by atoms with Crippen LogP contribution in [0.2, 0.25) is 5.02 Å². The van der Waals surface area contributed by atoms with E-state index in [4.69, 9.17) is 21.8 Å². The van der Waals surface area contributed by atoms with Gasteiger partial charge in [0.25, 0.3) is 0 Å². The van der Waals surface area contributed by atoms with E-state index in [2.05, 4.69) is 10.3 Å². The number of nitrogens with zero attached hydrogens (tertiary/aromatic N) is 3. The largest absolute Gasteiger partial charge is 0.478 e. The van der Waals surface area contributed by atoms with Gasteiger partial charge in [-0.25, -0.2) is 9.48 Å². The van der Waals surface area contributed by atoms with Crippen LogP contribution in [-0.2, 0) is 10.5 Å². The summed E-state index contributed by atoms with van der Waals surface area (Å²) in [7, 11) is 0. The number of carboxylic acids is 1. The molecule has 0 radical (unpaired) electrons. The molecule has 0 saturated heterocycles. The van der Waals surface area contributed by atoms with Gasteiger partial charge in [0.1, 0.15) is 6.04 Å². The van der Waals surface area contributed by atoms with Crippen molar-refractivity contribution in [3.63, 3.8) is 0 Å². The van der Waals surface area contributed by atoms with Crippen LogP contribution in [0.3, 0.4) is 0 Å². The Bertz CT molecular complexity index is 1250. The number of allylic oxidation sites excluding steroid dienone is 2. The Hall–Kier alpha value is -3.10. The van der Waals surface area contributed by atoms with Crippen LogP contribution < -0.4 is 5.32 Å². The summed E-state index contributed by atoms with van der Waals surface area (Å²) in [5.41, 5.74) is 3.77. The van der Waals surface area contributed by atoms with Crippen molar-refractivity contribution < 1.29 is 14.7 Å². The molecule has 2 aliphatic rings. The maximum Gasteiger partial charge on any atom is 0.335 e. The number of hydrogen-bond donors (Lipinski definition) is 2. The predicted octanol–water partition coefficient (Wildman–Crippen LogP) is 4.94. The van der Waals surface area contributed by atoms with Gasteiger partial charge in [-0.15, -0.1) is 5.10 Å². The second-order valence-corrected chi connectivity index (χ2v) is 9.08. The van der Waals surface area contributed by atoms with Crippen LogP contribution in [0, 0.1) is 0 Å². The fourth-order valence-corrected chi connectivity index (χ4v) is 5.06. The molecule has 0 spiro atoms. The number of rotatable bonds is 5. The van der Waals surface area contributed by atoms with E-state index >= 15 is 0 Å². The zero-order valence-electron chi connectivity index (χ0n) is 16.9. The van der Waals surface area contributed by atoms with Gasteiger partial charge in [-0.3, -0.25) is 4.79 Å². The summed E-state index contributed by atoms with van der Waals surface area (Å²) in [5.74, 6) is 0.374. The number of carbonyl (C=O) groups excluding carboxylic acids is 1. The summed E-state index contributed by atoms with van der Waals surface area (Å²) < 4.78 is 1.77. The first-order valence-electron chi connectivity index (χ1n) is 10.2. The fraction of sp³-hybridized carbons (Fsp3) is 0.217. The van der Waals surface area contributed by atoms with Gasteiger partial charge in [-0.1, -0.05) is 47.6 Å². The average molecular weight is 467 g/mol. The van der Waals surface area contributed by atoms with Gasteiger partial charge in [0.05, 0.1) is 5.56 Å².